The van der Waals surface area contributed by atoms with Crippen molar-refractivity contribution in [2.75, 3.05) is 13.7 Å². The molecule has 1 amide bonds. The number of aryl methyl sites for hydroxylation is 1. The van der Waals surface area contributed by atoms with E-state index in [0.29, 0.717) is 17.2 Å². The van der Waals surface area contributed by atoms with Crippen LogP contribution in [0.25, 0.3) is 6.08 Å². The maximum atomic E-state index is 12.7. The molecule has 29 heavy (non-hydrogen) atoms. The van der Waals surface area contributed by atoms with Crippen molar-refractivity contribution in [3.8, 4) is 5.75 Å². The molecular formula is C21H22N2O4S2. The summed E-state index contributed by atoms with van der Waals surface area (Å²) in [6.45, 7) is 4.11. The van der Waals surface area contributed by atoms with Gasteiger partial charge in [-0.3, -0.25) is 9.69 Å². The average molecular weight is 431 g/mol. The van der Waals surface area contributed by atoms with Crippen molar-refractivity contribution in [3.63, 3.8) is 0 Å². The lowest BCUT2D eigenvalue weighted by Gasteiger charge is -2.12. The van der Waals surface area contributed by atoms with Crippen molar-refractivity contribution < 1.29 is 17.9 Å². The minimum atomic E-state index is -3.92. The zero-order chi connectivity index (χ0) is 21.0. The third kappa shape index (κ3) is 4.71. The predicted molar refractivity (Wildman–Crippen MR) is 116 cm³/mol. The molecule has 3 rings (SSSR count). The molecule has 2 aromatic carbocycles. The Morgan fingerprint density at radius 3 is 2.48 bits per heavy atom. The fourth-order valence-corrected chi connectivity index (χ4v) is 5.03. The van der Waals surface area contributed by atoms with E-state index >= 15 is 0 Å². The van der Waals surface area contributed by atoms with Crippen LogP contribution < -0.4 is 4.74 Å². The van der Waals surface area contributed by atoms with Crippen molar-refractivity contribution >= 4 is 38.9 Å². The van der Waals surface area contributed by atoms with Crippen LogP contribution in [0.15, 0.2) is 62.7 Å². The maximum Gasteiger partial charge on any atom is 0.284 e. The summed E-state index contributed by atoms with van der Waals surface area (Å²) in [6, 6.07) is 13.9. The predicted octanol–water partition coefficient (Wildman–Crippen LogP) is 3.94. The maximum absolute atomic E-state index is 12.7. The molecule has 1 aliphatic heterocycles. The number of benzene rings is 2. The number of carbonyl (C=O) groups excluding carboxylic acids is 1. The molecule has 0 unspecified atom stereocenters. The van der Waals surface area contributed by atoms with E-state index in [1.807, 2.05) is 25.1 Å². The van der Waals surface area contributed by atoms with Gasteiger partial charge in [-0.15, -0.1) is 4.40 Å². The van der Waals surface area contributed by atoms with Gasteiger partial charge >= 0.3 is 0 Å². The highest BCUT2D eigenvalue weighted by Gasteiger charge is 2.34. The lowest BCUT2D eigenvalue weighted by Crippen LogP contribution is -2.29. The molecule has 0 aliphatic carbocycles. The number of thioether (sulfide) groups is 1. The van der Waals surface area contributed by atoms with E-state index in [2.05, 4.69) is 4.40 Å². The molecule has 1 fully saturated rings. The Hall–Kier alpha value is -2.58. The molecule has 0 radical (unpaired) electrons. The third-order valence-electron chi connectivity index (χ3n) is 4.42. The summed E-state index contributed by atoms with van der Waals surface area (Å²) >= 11 is 1.06. The second-order valence-corrected chi connectivity index (χ2v) is 8.90. The van der Waals surface area contributed by atoms with Gasteiger partial charge in [-0.1, -0.05) is 31.2 Å². The Morgan fingerprint density at radius 1 is 1.14 bits per heavy atom. The van der Waals surface area contributed by atoms with Crippen LogP contribution in [0.1, 0.15) is 25.0 Å². The molecule has 152 valence electrons. The number of sulfonamides is 1. The summed E-state index contributed by atoms with van der Waals surface area (Å²) in [7, 11) is -2.34. The number of amidine groups is 1. The van der Waals surface area contributed by atoms with Gasteiger partial charge in [0.25, 0.3) is 15.9 Å². The molecule has 0 saturated carbocycles. The number of likely N-dealkylation sites (N-methyl/N-ethyl adjacent to an activating group) is 1. The molecule has 0 aromatic heterocycles. The van der Waals surface area contributed by atoms with Crippen LogP contribution in [0.4, 0.5) is 0 Å². The fraction of sp³-hybridized carbons (Fsp3) is 0.238. The van der Waals surface area contributed by atoms with Gasteiger partial charge in [0, 0.05) is 6.54 Å². The molecule has 0 N–H and O–H groups in total. The van der Waals surface area contributed by atoms with Crippen molar-refractivity contribution in [3.05, 3.63) is 64.6 Å². The minimum absolute atomic E-state index is 0.108. The van der Waals surface area contributed by atoms with Crippen LogP contribution in [0.3, 0.4) is 0 Å². The number of nitrogens with zero attached hydrogens (tertiary/aromatic N) is 2. The summed E-state index contributed by atoms with van der Waals surface area (Å²) in [5, 5.41) is 0.159. The average Bonchev–Trinajstić information content (AvgIpc) is 3.01. The van der Waals surface area contributed by atoms with Gasteiger partial charge in [0.15, 0.2) is 5.17 Å². The molecular weight excluding hydrogens is 408 g/mol. The highest BCUT2D eigenvalue weighted by atomic mass is 32.2. The molecule has 1 saturated heterocycles. The largest absolute Gasteiger partial charge is 0.497 e. The number of carbonyl (C=O) groups is 1. The first kappa shape index (κ1) is 21.1. The zero-order valence-electron chi connectivity index (χ0n) is 16.5. The first-order valence-electron chi connectivity index (χ1n) is 9.17. The van der Waals surface area contributed by atoms with Gasteiger partial charge in [-0.2, -0.15) is 8.42 Å². The molecule has 1 heterocycles. The van der Waals surface area contributed by atoms with Crippen LogP contribution in [-0.2, 0) is 21.2 Å². The van der Waals surface area contributed by atoms with E-state index in [9.17, 15) is 13.2 Å². The van der Waals surface area contributed by atoms with E-state index in [0.717, 1.165) is 29.3 Å². The van der Waals surface area contributed by atoms with E-state index in [4.69, 9.17) is 4.74 Å². The number of hydrogen-bond acceptors (Lipinski definition) is 5. The van der Waals surface area contributed by atoms with Crippen LogP contribution in [0.5, 0.6) is 5.75 Å². The lowest BCUT2D eigenvalue weighted by molar-refractivity contribution is -0.122. The Bertz CT molecular complexity index is 1070. The van der Waals surface area contributed by atoms with Crippen molar-refractivity contribution in [2.24, 2.45) is 4.40 Å². The number of amides is 1. The zero-order valence-corrected chi connectivity index (χ0v) is 18.1. The highest BCUT2D eigenvalue weighted by Crippen LogP contribution is 2.34. The van der Waals surface area contributed by atoms with E-state index in [1.54, 1.807) is 50.4 Å². The van der Waals surface area contributed by atoms with Gasteiger partial charge in [0.05, 0.1) is 16.9 Å². The summed E-state index contributed by atoms with van der Waals surface area (Å²) in [5.74, 6) is 0.407. The number of methoxy groups -OCH3 is 1. The number of rotatable bonds is 6. The fourth-order valence-electron chi connectivity index (χ4n) is 2.79. The SMILES string of the molecule is CCc1ccc(S(=O)(=O)/N=C2\S/C(=C\c3cccc(OC)c3)C(=O)N2CC)cc1. The minimum Gasteiger partial charge on any atom is -0.497 e. The molecule has 2 aromatic rings. The molecule has 0 bridgehead atoms. The summed E-state index contributed by atoms with van der Waals surface area (Å²) in [5.41, 5.74) is 1.83. The second kappa shape index (κ2) is 8.84. The summed E-state index contributed by atoms with van der Waals surface area (Å²) in [6.07, 6.45) is 2.53. The first-order valence-corrected chi connectivity index (χ1v) is 11.4. The highest BCUT2D eigenvalue weighted by molar-refractivity contribution is 8.19. The van der Waals surface area contributed by atoms with Crippen molar-refractivity contribution in [1.82, 2.24) is 4.90 Å². The van der Waals surface area contributed by atoms with Gasteiger partial charge in [0.1, 0.15) is 5.75 Å². The summed E-state index contributed by atoms with van der Waals surface area (Å²) < 4.78 is 34.6. The Morgan fingerprint density at radius 2 is 1.86 bits per heavy atom. The van der Waals surface area contributed by atoms with E-state index in [1.165, 1.54) is 4.90 Å². The van der Waals surface area contributed by atoms with Gasteiger partial charge in [-0.25, -0.2) is 0 Å². The van der Waals surface area contributed by atoms with E-state index < -0.39 is 10.0 Å². The van der Waals surface area contributed by atoms with Crippen LogP contribution in [-0.4, -0.2) is 38.0 Å². The van der Waals surface area contributed by atoms with Gasteiger partial charge in [0.2, 0.25) is 0 Å². The van der Waals surface area contributed by atoms with Gasteiger partial charge < -0.3 is 4.74 Å². The second-order valence-electron chi connectivity index (χ2n) is 6.28. The van der Waals surface area contributed by atoms with E-state index in [-0.39, 0.29) is 16.0 Å². The summed E-state index contributed by atoms with van der Waals surface area (Å²) in [4.78, 5) is 14.6. The first-order chi connectivity index (χ1) is 13.9. The van der Waals surface area contributed by atoms with Crippen molar-refractivity contribution in [2.45, 2.75) is 25.2 Å². The quantitative estimate of drug-likeness (QED) is 0.649. The third-order valence-corrected chi connectivity index (χ3v) is 6.83. The topological polar surface area (TPSA) is 76.0 Å². The molecule has 8 heteroatoms. The smallest absolute Gasteiger partial charge is 0.284 e. The Balaban J connectivity index is 1.94. The molecule has 6 nitrogen and oxygen atoms in total. The normalized spacial score (nSPS) is 17.3. The Kier molecular flexibility index (Phi) is 6.44. The van der Waals surface area contributed by atoms with Crippen LogP contribution in [0.2, 0.25) is 0 Å². The monoisotopic (exact) mass is 430 g/mol. The lowest BCUT2D eigenvalue weighted by atomic mass is 10.2. The standard InChI is InChI=1S/C21H22N2O4S2/c1-4-15-9-11-18(12-10-15)29(25,26)22-21-23(5-2)20(24)19(28-21)14-16-7-6-8-17(13-16)27-3/h6-14H,4-5H2,1-3H3/b19-14-,22-21-. The Labute approximate surface area is 175 Å². The molecule has 1 aliphatic rings. The van der Waals surface area contributed by atoms with Crippen molar-refractivity contribution in [1.29, 1.82) is 0 Å². The number of hydrogen-bond donors (Lipinski definition) is 0. The number of ether oxygens (including phenoxy) is 1. The van der Waals surface area contributed by atoms with Crippen LogP contribution in [0, 0.1) is 0 Å². The van der Waals surface area contributed by atoms with Gasteiger partial charge in [-0.05, 0) is 66.6 Å². The van der Waals surface area contributed by atoms with Crippen LogP contribution >= 0.6 is 11.8 Å². The molecule has 0 atom stereocenters. The molecule has 0 spiro atoms.